The Morgan fingerprint density at radius 2 is 1.50 bits per heavy atom. The maximum absolute atomic E-state index is 5.86. The van der Waals surface area contributed by atoms with Crippen molar-refractivity contribution in [2.75, 3.05) is 33.4 Å². The summed E-state index contributed by atoms with van der Waals surface area (Å²) < 4.78 is 15.3. The van der Waals surface area contributed by atoms with Crippen molar-refractivity contribution >= 4 is 26.5 Å². The third-order valence-electron chi connectivity index (χ3n) is 3.13. The van der Waals surface area contributed by atoms with Gasteiger partial charge in [0.05, 0.1) is 17.9 Å². The first-order valence-electron chi connectivity index (χ1n) is 8.01. The molecule has 0 atom stereocenters. The SMILES string of the molecule is CCC[Si]1(C)OCCN(C)CCO1.C[SiH](C)N[SiH](C)C. The molecule has 20 heavy (non-hydrogen) atoms. The van der Waals surface area contributed by atoms with Gasteiger partial charge in [-0.1, -0.05) is 39.5 Å². The van der Waals surface area contributed by atoms with Crippen LogP contribution in [0.2, 0.25) is 38.8 Å². The summed E-state index contributed by atoms with van der Waals surface area (Å²) in [6.45, 7) is 17.4. The van der Waals surface area contributed by atoms with Crippen molar-refractivity contribution in [2.24, 2.45) is 0 Å². The molecule has 0 amide bonds. The highest BCUT2D eigenvalue weighted by Gasteiger charge is 2.31. The summed E-state index contributed by atoms with van der Waals surface area (Å²) in [5.74, 6) is 0. The summed E-state index contributed by atoms with van der Waals surface area (Å²) in [7, 11) is -0.501. The highest BCUT2D eigenvalue weighted by Crippen LogP contribution is 2.16. The molecule has 4 nitrogen and oxygen atoms in total. The fourth-order valence-electron chi connectivity index (χ4n) is 2.25. The van der Waals surface area contributed by atoms with Crippen LogP contribution in [0.4, 0.5) is 0 Å². The quantitative estimate of drug-likeness (QED) is 0.796. The lowest BCUT2D eigenvalue weighted by Gasteiger charge is -2.31. The number of nitrogens with one attached hydrogen (secondary N) is 1. The van der Waals surface area contributed by atoms with Gasteiger partial charge in [0.25, 0.3) is 0 Å². The van der Waals surface area contributed by atoms with E-state index < -0.39 is 26.5 Å². The van der Waals surface area contributed by atoms with Crippen LogP contribution in [0.5, 0.6) is 0 Å². The Morgan fingerprint density at radius 1 is 1.05 bits per heavy atom. The van der Waals surface area contributed by atoms with Crippen molar-refractivity contribution in [3.63, 3.8) is 0 Å². The maximum atomic E-state index is 5.86. The number of likely N-dealkylation sites (N-methyl/N-ethyl adjacent to an activating group) is 1. The minimum absolute atomic E-state index is 0.417. The van der Waals surface area contributed by atoms with E-state index in [1.54, 1.807) is 0 Å². The lowest BCUT2D eigenvalue weighted by molar-refractivity contribution is 0.109. The number of hydrogen-bond donors (Lipinski definition) is 1. The van der Waals surface area contributed by atoms with Crippen LogP contribution in [0.25, 0.3) is 0 Å². The fraction of sp³-hybridized carbons (Fsp3) is 1.00. The van der Waals surface area contributed by atoms with Gasteiger partial charge in [-0.2, -0.15) is 0 Å². The van der Waals surface area contributed by atoms with Crippen LogP contribution in [0.1, 0.15) is 13.3 Å². The molecule has 7 heteroatoms. The molecule has 0 saturated carbocycles. The van der Waals surface area contributed by atoms with E-state index in [4.69, 9.17) is 8.85 Å². The van der Waals surface area contributed by atoms with Gasteiger partial charge in [0.15, 0.2) is 0 Å². The Kier molecular flexibility index (Phi) is 11.4. The molecule has 0 radical (unpaired) electrons. The van der Waals surface area contributed by atoms with Crippen LogP contribution >= 0.6 is 0 Å². The predicted molar refractivity (Wildman–Crippen MR) is 97.0 cm³/mol. The molecule has 0 aromatic carbocycles. The second-order valence-electron chi connectivity index (χ2n) is 6.36. The predicted octanol–water partition coefficient (Wildman–Crippen LogP) is 1.99. The molecule has 1 heterocycles. The Balaban J connectivity index is 0.000000441. The maximum Gasteiger partial charge on any atom is 0.335 e. The molecule has 0 aromatic rings. The van der Waals surface area contributed by atoms with Gasteiger partial charge >= 0.3 is 8.56 Å². The molecule has 0 spiro atoms. The summed E-state index contributed by atoms with van der Waals surface area (Å²) in [6, 6.07) is 1.12. The van der Waals surface area contributed by atoms with E-state index in [2.05, 4.69) is 56.3 Å². The van der Waals surface area contributed by atoms with Crippen molar-refractivity contribution in [3.05, 3.63) is 0 Å². The first kappa shape index (κ1) is 20.5. The zero-order chi connectivity index (χ0) is 15.6. The van der Waals surface area contributed by atoms with E-state index in [0.717, 1.165) is 32.3 Å². The van der Waals surface area contributed by atoms with Crippen molar-refractivity contribution in [1.82, 2.24) is 9.55 Å². The average Bonchev–Trinajstić information content (AvgIpc) is 2.26. The van der Waals surface area contributed by atoms with Crippen LogP contribution in [0, 0.1) is 0 Å². The Morgan fingerprint density at radius 3 is 1.80 bits per heavy atom. The van der Waals surface area contributed by atoms with E-state index in [1.807, 2.05) is 0 Å². The minimum Gasteiger partial charge on any atom is -0.393 e. The molecule has 1 N–H and O–H groups in total. The Bertz CT molecular complexity index is 228. The summed E-state index contributed by atoms with van der Waals surface area (Å²) >= 11 is 0. The molecule has 122 valence electrons. The first-order chi connectivity index (χ1) is 9.29. The topological polar surface area (TPSA) is 33.7 Å². The Hall–Kier alpha value is 0.491. The minimum atomic E-state index is -1.78. The number of hydrogen-bond acceptors (Lipinski definition) is 4. The van der Waals surface area contributed by atoms with E-state index in [0.29, 0.717) is 0 Å². The van der Waals surface area contributed by atoms with Crippen LogP contribution in [-0.2, 0) is 8.85 Å². The molecule has 1 aliphatic heterocycles. The molecular formula is C13H36N2O2Si3. The monoisotopic (exact) mass is 336 g/mol. The zero-order valence-corrected chi connectivity index (χ0v) is 18.0. The van der Waals surface area contributed by atoms with Crippen LogP contribution in [0.15, 0.2) is 0 Å². The van der Waals surface area contributed by atoms with E-state index in [9.17, 15) is 0 Å². The molecular weight excluding hydrogens is 300 g/mol. The smallest absolute Gasteiger partial charge is 0.335 e. The van der Waals surface area contributed by atoms with Gasteiger partial charge in [-0.3, -0.25) is 0 Å². The average molecular weight is 337 g/mol. The molecule has 0 aromatic heterocycles. The van der Waals surface area contributed by atoms with Crippen LogP contribution < -0.4 is 4.65 Å². The molecule has 0 bridgehead atoms. The highest BCUT2D eigenvalue weighted by atomic mass is 28.4. The molecule has 1 saturated heterocycles. The summed E-state index contributed by atoms with van der Waals surface area (Å²) in [5, 5.41) is 0. The fourth-order valence-corrected chi connectivity index (χ4v) is 9.91. The third-order valence-corrected chi connectivity index (χ3v) is 11.5. The largest absolute Gasteiger partial charge is 0.393 e. The van der Waals surface area contributed by atoms with Gasteiger partial charge < -0.3 is 18.4 Å². The number of nitrogens with zero attached hydrogens (tertiary/aromatic N) is 1. The van der Waals surface area contributed by atoms with Crippen molar-refractivity contribution in [1.29, 1.82) is 0 Å². The van der Waals surface area contributed by atoms with Gasteiger partial charge in [-0.15, -0.1) is 0 Å². The normalized spacial score (nSPS) is 20.2. The van der Waals surface area contributed by atoms with Gasteiger partial charge in [0.2, 0.25) is 0 Å². The van der Waals surface area contributed by atoms with Gasteiger partial charge in [0.1, 0.15) is 0 Å². The molecule has 1 rings (SSSR count). The Labute approximate surface area is 130 Å². The van der Waals surface area contributed by atoms with Gasteiger partial charge in [-0.25, -0.2) is 0 Å². The highest BCUT2D eigenvalue weighted by molar-refractivity contribution is 6.70. The molecule has 1 aliphatic rings. The lowest BCUT2D eigenvalue weighted by atomic mass is 10.5. The van der Waals surface area contributed by atoms with E-state index >= 15 is 0 Å². The summed E-state index contributed by atoms with van der Waals surface area (Å²) in [6.07, 6.45) is 1.17. The van der Waals surface area contributed by atoms with Gasteiger partial charge in [-0.05, 0) is 19.6 Å². The molecule has 1 fully saturated rings. The summed E-state index contributed by atoms with van der Waals surface area (Å²) in [5.41, 5.74) is 0. The lowest BCUT2D eigenvalue weighted by Crippen LogP contribution is -2.45. The van der Waals surface area contributed by atoms with Crippen LogP contribution in [-0.4, -0.2) is 64.7 Å². The second kappa shape index (κ2) is 11.1. The van der Waals surface area contributed by atoms with Gasteiger partial charge in [0, 0.05) is 26.3 Å². The molecule has 0 unspecified atom stereocenters. The van der Waals surface area contributed by atoms with Crippen LogP contribution in [0.3, 0.4) is 0 Å². The van der Waals surface area contributed by atoms with E-state index in [1.165, 1.54) is 6.42 Å². The van der Waals surface area contributed by atoms with E-state index in [-0.39, 0.29) is 0 Å². The van der Waals surface area contributed by atoms with Crippen molar-refractivity contribution < 1.29 is 8.85 Å². The van der Waals surface area contributed by atoms with Crippen molar-refractivity contribution in [3.8, 4) is 0 Å². The molecule has 0 aliphatic carbocycles. The zero-order valence-electron chi connectivity index (χ0n) is 14.7. The standard InChI is InChI=1S/C9H21NO2Si.C4H15NSi2/c1-4-9-13(3)11-7-5-10(2)6-8-12-13;1-6(2)5-7(3)4/h4-9H2,1-3H3;5-7H,1-4H3. The second-order valence-corrected chi connectivity index (χ2v) is 15.7. The summed E-state index contributed by atoms with van der Waals surface area (Å²) in [4.78, 5) is 2.25. The van der Waals surface area contributed by atoms with Crippen molar-refractivity contribution in [2.45, 2.75) is 52.1 Å². The third kappa shape index (κ3) is 11.2. The first-order valence-corrected chi connectivity index (χ1v) is 16.3. The number of rotatable bonds is 4.